The van der Waals surface area contributed by atoms with E-state index in [0.717, 1.165) is 54.0 Å². The lowest BCUT2D eigenvalue weighted by molar-refractivity contribution is -0.934. The van der Waals surface area contributed by atoms with E-state index in [1.165, 1.54) is 0 Å². The third kappa shape index (κ3) is 1.98. The van der Waals surface area contributed by atoms with Crippen molar-refractivity contribution in [3.63, 3.8) is 0 Å². The van der Waals surface area contributed by atoms with Crippen molar-refractivity contribution < 1.29 is 19.0 Å². The normalized spacial score (nSPS) is 30.4. The van der Waals surface area contributed by atoms with Crippen LogP contribution in [0.5, 0.6) is 11.5 Å². The summed E-state index contributed by atoms with van der Waals surface area (Å²) in [7, 11) is 0. The first-order chi connectivity index (χ1) is 13.7. The quantitative estimate of drug-likeness (QED) is 0.560. The molecule has 0 spiro atoms. The zero-order valence-corrected chi connectivity index (χ0v) is 15.7. The number of piperidine rings is 1. The van der Waals surface area contributed by atoms with E-state index in [9.17, 15) is 4.79 Å². The standard InChI is InChI=1S/C21H21N3O4/c1-2-24-10-9-15(23-17-6-4-3-5-16(17)22-20(23)25)12-21(24,28-24)14-7-8-18-19(11-14)27-13-26-18/h3-8,11,15H,2,9-10,12-13H2,1H3/p+1. The first-order valence-electron chi connectivity index (χ1n) is 9.83. The van der Waals surface area contributed by atoms with Crippen molar-refractivity contribution in [2.75, 3.05) is 19.9 Å². The summed E-state index contributed by atoms with van der Waals surface area (Å²) in [5.74, 6) is 1.54. The molecule has 0 bridgehead atoms. The highest BCUT2D eigenvalue weighted by atomic mass is 16.9. The van der Waals surface area contributed by atoms with E-state index in [-0.39, 0.29) is 18.5 Å². The number of H-pyrrole nitrogens is 1. The zero-order valence-electron chi connectivity index (χ0n) is 15.7. The van der Waals surface area contributed by atoms with Gasteiger partial charge >= 0.3 is 11.4 Å². The van der Waals surface area contributed by atoms with Gasteiger partial charge in [-0.2, -0.15) is 0 Å². The number of para-hydroxylation sites is 2. The van der Waals surface area contributed by atoms with E-state index in [2.05, 4.69) is 18.0 Å². The van der Waals surface area contributed by atoms with Crippen LogP contribution in [0.2, 0.25) is 0 Å². The van der Waals surface area contributed by atoms with Gasteiger partial charge in [-0.25, -0.2) is 4.79 Å². The van der Waals surface area contributed by atoms with Crippen molar-refractivity contribution in [3.05, 3.63) is 58.5 Å². The van der Waals surface area contributed by atoms with Gasteiger partial charge in [0.05, 0.1) is 29.1 Å². The van der Waals surface area contributed by atoms with Crippen molar-refractivity contribution in [2.24, 2.45) is 0 Å². The highest BCUT2D eigenvalue weighted by Gasteiger charge is 2.76. The number of hydrogen-bond donors (Lipinski definition) is 1. The molecule has 28 heavy (non-hydrogen) atoms. The molecule has 0 radical (unpaired) electrons. The number of quaternary nitrogens is 1. The van der Waals surface area contributed by atoms with E-state index < -0.39 is 5.72 Å². The summed E-state index contributed by atoms with van der Waals surface area (Å²) in [6, 6.07) is 14.0. The topological polar surface area (TPSA) is 68.8 Å². The number of benzene rings is 2. The van der Waals surface area contributed by atoms with Crippen molar-refractivity contribution >= 4 is 11.0 Å². The summed E-state index contributed by atoms with van der Waals surface area (Å²) in [6.07, 6.45) is 1.66. The lowest BCUT2D eigenvalue weighted by Crippen LogP contribution is -2.43. The van der Waals surface area contributed by atoms with Gasteiger partial charge in [0.25, 0.3) is 0 Å². The third-order valence-corrected chi connectivity index (χ3v) is 6.61. The van der Waals surface area contributed by atoms with Crippen LogP contribution in [-0.4, -0.2) is 34.1 Å². The molecule has 0 amide bonds. The molecular formula is C21H22N3O4+. The lowest BCUT2D eigenvalue weighted by atomic mass is 9.90. The molecule has 0 aliphatic carbocycles. The lowest BCUT2D eigenvalue weighted by Gasteiger charge is -2.29. The molecule has 3 aliphatic rings. The number of rotatable bonds is 3. The fourth-order valence-corrected chi connectivity index (χ4v) is 5.16. The Hall–Kier alpha value is -2.77. The number of nitrogens with one attached hydrogen (secondary N) is 1. The molecule has 2 aromatic carbocycles. The van der Waals surface area contributed by atoms with E-state index in [1.807, 2.05) is 41.0 Å². The monoisotopic (exact) mass is 380 g/mol. The van der Waals surface area contributed by atoms with Gasteiger partial charge in [0.1, 0.15) is 13.1 Å². The van der Waals surface area contributed by atoms with Crippen LogP contribution in [0, 0.1) is 0 Å². The Morgan fingerprint density at radius 2 is 2.07 bits per heavy atom. The number of imidazole rings is 1. The average molecular weight is 380 g/mol. The second kappa shape index (κ2) is 5.40. The molecule has 1 N–H and O–H groups in total. The highest BCUT2D eigenvalue weighted by Crippen LogP contribution is 2.61. The Labute approximate surface area is 161 Å². The molecule has 7 heteroatoms. The van der Waals surface area contributed by atoms with Gasteiger partial charge in [-0.15, -0.1) is 9.48 Å². The molecule has 7 nitrogen and oxygen atoms in total. The number of hydrogen-bond acceptors (Lipinski definition) is 4. The first-order valence-corrected chi connectivity index (χ1v) is 9.83. The largest absolute Gasteiger partial charge is 0.454 e. The first kappa shape index (κ1) is 16.2. The van der Waals surface area contributed by atoms with Crippen molar-refractivity contribution in [1.29, 1.82) is 0 Å². The van der Waals surface area contributed by atoms with Gasteiger partial charge < -0.3 is 14.5 Å². The maximum absolute atomic E-state index is 12.7. The minimum atomic E-state index is -0.434. The number of hydroxylamine groups is 3. The number of fused-ring (bicyclic) bond motifs is 3. The summed E-state index contributed by atoms with van der Waals surface area (Å²) < 4.78 is 13.6. The van der Waals surface area contributed by atoms with Gasteiger partial charge in [-0.3, -0.25) is 4.57 Å². The number of aromatic amines is 1. The van der Waals surface area contributed by atoms with E-state index >= 15 is 0 Å². The van der Waals surface area contributed by atoms with Gasteiger partial charge in [-0.1, -0.05) is 12.1 Å². The predicted octanol–water partition coefficient (Wildman–Crippen LogP) is 3.03. The SMILES string of the molecule is CC[N+]12CCC(n3c(=O)[nH]c4ccccc43)CC1(c1ccc3c(c1)OCO3)O2. The van der Waals surface area contributed by atoms with Gasteiger partial charge in [-0.05, 0) is 37.3 Å². The van der Waals surface area contributed by atoms with Crippen LogP contribution in [0.4, 0.5) is 0 Å². The van der Waals surface area contributed by atoms with Crippen LogP contribution in [0.3, 0.4) is 0 Å². The molecular weight excluding hydrogens is 358 g/mol. The van der Waals surface area contributed by atoms with Crippen LogP contribution < -0.4 is 15.2 Å². The Balaban J connectivity index is 1.44. The van der Waals surface area contributed by atoms with E-state index in [0.29, 0.717) is 4.65 Å². The summed E-state index contributed by atoms with van der Waals surface area (Å²) in [4.78, 5) is 22.2. The second-order valence-electron chi connectivity index (χ2n) is 7.84. The minimum Gasteiger partial charge on any atom is -0.454 e. The van der Waals surface area contributed by atoms with Crippen LogP contribution >= 0.6 is 0 Å². The summed E-state index contributed by atoms with van der Waals surface area (Å²) >= 11 is 0. The molecule has 3 aromatic rings. The van der Waals surface area contributed by atoms with Crippen molar-refractivity contribution in [2.45, 2.75) is 31.5 Å². The zero-order chi connectivity index (χ0) is 18.9. The van der Waals surface area contributed by atoms with Crippen LogP contribution in [-0.2, 0) is 10.6 Å². The smallest absolute Gasteiger partial charge is 0.326 e. The number of nitrogens with zero attached hydrogens (tertiary/aromatic N) is 2. The maximum Gasteiger partial charge on any atom is 0.326 e. The number of ether oxygens (including phenoxy) is 2. The molecule has 6 rings (SSSR count). The maximum atomic E-state index is 12.7. The Kier molecular flexibility index (Phi) is 3.12. The molecule has 0 saturated carbocycles. The van der Waals surface area contributed by atoms with Crippen LogP contribution in [0.1, 0.15) is 31.4 Å². The van der Waals surface area contributed by atoms with Gasteiger partial charge in [0.15, 0.2) is 11.5 Å². The second-order valence-corrected chi connectivity index (χ2v) is 7.84. The van der Waals surface area contributed by atoms with E-state index in [1.54, 1.807) is 0 Å². The molecule has 2 saturated heterocycles. The van der Waals surface area contributed by atoms with Gasteiger partial charge in [0.2, 0.25) is 6.79 Å². The average Bonchev–Trinajstić information content (AvgIpc) is 2.99. The third-order valence-electron chi connectivity index (χ3n) is 6.61. The molecule has 4 heterocycles. The number of aromatic nitrogens is 2. The fraction of sp³-hybridized carbons (Fsp3) is 0.381. The Morgan fingerprint density at radius 1 is 1.21 bits per heavy atom. The fourth-order valence-electron chi connectivity index (χ4n) is 5.16. The highest BCUT2D eigenvalue weighted by molar-refractivity contribution is 5.75. The molecule has 3 atom stereocenters. The molecule has 3 unspecified atom stereocenters. The van der Waals surface area contributed by atoms with E-state index in [4.69, 9.17) is 14.3 Å². The summed E-state index contributed by atoms with van der Waals surface area (Å²) in [5, 5.41) is 0. The predicted molar refractivity (Wildman–Crippen MR) is 102 cm³/mol. The van der Waals surface area contributed by atoms with Crippen molar-refractivity contribution in [1.82, 2.24) is 9.55 Å². The minimum absolute atomic E-state index is 0.0517. The Bertz CT molecular complexity index is 1150. The molecule has 3 aliphatic heterocycles. The van der Waals surface area contributed by atoms with Gasteiger partial charge in [0, 0.05) is 6.42 Å². The van der Waals surface area contributed by atoms with Crippen LogP contribution in [0.25, 0.3) is 11.0 Å². The summed E-state index contributed by atoms with van der Waals surface area (Å²) in [6.45, 7) is 4.19. The van der Waals surface area contributed by atoms with Crippen molar-refractivity contribution in [3.8, 4) is 11.5 Å². The molecule has 2 fully saturated rings. The summed E-state index contributed by atoms with van der Waals surface area (Å²) in [5.41, 5.74) is 2.44. The Morgan fingerprint density at radius 3 is 2.96 bits per heavy atom. The van der Waals surface area contributed by atoms with Crippen LogP contribution in [0.15, 0.2) is 47.3 Å². The molecule has 1 aromatic heterocycles. The molecule has 144 valence electrons.